The van der Waals surface area contributed by atoms with E-state index in [0.29, 0.717) is 0 Å². The minimum atomic E-state index is 0.871. The predicted octanol–water partition coefficient (Wildman–Crippen LogP) is 10.3. The molecule has 0 aliphatic rings. The van der Waals surface area contributed by atoms with Gasteiger partial charge in [0.05, 0.1) is 6.26 Å². The molecule has 0 aliphatic heterocycles. The van der Waals surface area contributed by atoms with Crippen molar-refractivity contribution in [2.24, 2.45) is 0 Å². The first kappa shape index (κ1) is 21.4. The summed E-state index contributed by atoms with van der Waals surface area (Å²) >= 11 is 0. The van der Waals surface area contributed by atoms with Gasteiger partial charge in [-0.25, -0.2) is 0 Å². The molecule has 0 aliphatic carbocycles. The second-order valence-corrected chi connectivity index (χ2v) is 9.32. The molecule has 0 unspecified atom stereocenters. The normalized spacial score (nSPS) is 11.2. The van der Waals surface area contributed by atoms with E-state index >= 15 is 0 Å². The van der Waals surface area contributed by atoms with Crippen LogP contribution in [0.2, 0.25) is 0 Å². The van der Waals surface area contributed by atoms with Crippen molar-refractivity contribution in [3.05, 3.63) is 146 Å². The highest BCUT2D eigenvalue weighted by molar-refractivity contribution is 6.20. The molecular weight excluding hydrogens is 448 g/mol. The average molecular weight is 473 g/mol. The molecular formula is C36H24O. The SMILES string of the molecule is c1ccc(-c2c(-c3ccccc3)c(-c3ccco3)c3cc4ccccc4cc3c2-c2ccccc2)cc1. The van der Waals surface area contributed by atoms with Crippen molar-refractivity contribution >= 4 is 21.5 Å². The molecule has 0 saturated carbocycles. The maximum Gasteiger partial charge on any atom is 0.135 e. The number of hydrogen-bond acceptors (Lipinski definition) is 1. The molecule has 0 amide bonds. The molecule has 7 rings (SSSR count). The van der Waals surface area contributed by atoms with Crippen LogP contribution >= 0.6 is 0 Å². The minimum absolute atomic E-state index is 0.871. The minimum Gasteiger partial charge on any atom is -0.464 e. The standard InChI is InChI=1S/C36H24O/c1-4-13-25(14-5-1)33-30-23-28-19-10-11-20-29(28)24-31(30)36(32-21-12-22-37-32)35(27-17-8-3-9-18-27)34(33)26-15-6-2-7-16-26/h1-24H. The Morgan fingerprint density at radius 3 is 1.27 bits per heavy atom. The van der Waals surface area contributed by atoms with E-state index in [4.69, 9.17) is 4.42 Å². The Labute approximate surface area is 216 Å². The molecule has 0 radical (unpaired) electrons. The van der Waals surface area contributed by atoms with Crippen LogP contribution in [0.1, 0.15) is 0 Å². The molecule has 37 heavy (non-hydrogen) atoms. The highest BCUT2D eigenvalue weighted by Gasteiger charge is 2.25. The average Bonchev–Trinajstić information content (AvgIpc) is 3.51. The zero-order valence-electron chi connectivity index (χ0n) is 20.3. The maximum atomic E-state index is 6.14. The molecule has 6 aromatic carbocycles. The molecule has 0 fully saturated rings. The molecule has 0 bridgehead atoms. The van der Waals surface area contributed by atoms with Crippen LogP contribution in [0.15, 0.2) is 150 Å². The first-order chi connectivity index (χ1) is 18.4. The molecule has 1 heteroatoms. The Morgan fingerprint density at radius 2 is 0.784 bits per heavy atom. The van der Waals surface area contributed by atoms with E-state index in [1.807, 2.05) is 6.07 Å². The van der Waals surface area contributed by atoms with Crippen molar-refractivity contribution in [2.75, 3.05) is 0 Å². The van der Waals surface area contributed by atoms with E-state index in [1.54, 1.807) is 6.26 Å². The maximum absolute atomic E-state index is 6.14. The zero-order chi connectivity index (χ0) is 24.6. The van der Waals surface area contributed by atoms with Gasteiger partial charge < -0.3 is 4.42 Å². The first-order valence-electron chi connectivity index (χ1n) is 12.6. The van der Waals surface area contributed by atoms with Crippen molar-refractivity contribution in [3.8, 4) is 44.7 Å². The first-order valence-corrected chi connectivity index (χ1v) is 12.6. The lowest BCUT2D eigenvalue weighted by molar-refractivity contribution is 0.583. The molecule has 1 aromatic heterocycles. The molecule has 0 atom stereocenters. The van der Waals surface area contributed by atoms with Crippen molar-refractivity contribution < 1.29 is 4.42 Å². The van der Waals surface area contributed by atoms with E-state index in [9.17, 15) is 0 Å². The quantitative estimate of drug-likeness (QED) is 0.232. The molecule has 174 valence electrons. The van der Waals surface area contributed by atoms with E-state index in [1.165, 1.54) is 54.9 Å². The summed E-state index contributed by atoms with van der Waals surface area (Å²) in [6.45, 7) is 0. The van der Waals surface area contributed by atoms with Gasteiger partial charge in [0, 0.05) is 11.1 Å². The fraction of sp³-hybridized carbons (Fsp3) is 0. The number of fused-ring (bicyclic) bond motifs is 2. The number of furan rings is 1. The summed E-state index contributed by atoms with van der Waals surface area (Å²) in [5, 5.41) is 4.85. The van der Waals surface area contributed by atoms with Gasteiger partial charge in [-0.1, -0.05) is 115 Å². The van der Waals surface area contributed by atoms with E-state index < -0.39 is 0 Å². The van der Waals surface area contributed by atoms with Crippen molar-refractivity contribution in [1.82, 2.24) is 0 Å². The third-order valence-electron chi connectivity index (χ3n) is 7.13. The molecule has 0 spiro atoms. The lowest BCUT2D eigenvalue weighted by Gasteiger charge is -2.23. The van der Waals surface area contributed by atoms with Crippen LogP contribution < -0.4 is 0 Å². The highest BCUT2D eigenvalue weighted by atomic mass is 16.3. The van der Waals surface area contributed by atoms with Crippen LogP contribution in [0.5, 0.6) is 0 Å². The monoisotopic (exact) mass is 472 g/mol. The predicted molar refractivity (Wildman–Crippen MR) is 155 cm³/mol. The van der Waals surface area contributed by atoms with Crippen LogP contribution in [-0.2, 0) is 0 Å². The van der Waals surface area contributed by atoms with Gasteiger partial charge in [-0.3, -0.25) is 0 Å². The highest BCUT2D eigenvalue weighted by Crippen LogP contribution is 2.51. The van der Waals surface area contributed by atoms with Crippen LogP contribution in [0.4, 0.5) is 0 Å². The largest absolute Gasteiger partial charge is 0.464 e. The summed E-state index contributed by atoms with van der Waals surface area (Å²) in [5.41, 5.74) is 8.31. The zero-order valence-corrected chi connectivity index (χ0v) is 20.3. The van der Waals surface area contributed by atoms with Gasteiger partial charge in [-0.15, -0.1) is 0 Å². The van der Waals surface area contributed by atoms with E-state index in [2.05, 4.69) is 133 Å². The molecule has 0 saturated heterocycles. The van der Waals surface area contributed by atoms with Gasteiger partial charge in [-0.05, 0) is 73.6 Å². The Hall–Kier alpha value is -4.88. The summed E-state index contributed by atoms with van der Waals surface area (Å²) in [7, 11) is 0. The third-order valence-corrected chi connectivity index (χ3v) is 7.13. The topological polar surface area (TPSA) is 13.1 Å². The summed E-state index contributed by atoms with van der Waals surface area (Å²) in [6, 6.07) is 49.6. The molecule has 1 heterocycles. The fourth-order valence-electron chi connectivity index (χ4n) is 5.54. The van der Waals surface area contributed by atoms with Gasteiger partial charge in [0.15, 0.2) is 0 Å². The molecule has 7 aromatic rings. The Bertz CT molecular complexity index is 1830. The van der Waals surface area contributed by atoms with Gasteiger partial charge >= 0.3 is 0 Å². The number of hydrogen-bond donors (Lipinski definition) is 0. The van der Waals surface area contributed by atoms with Crippen molar-refractivity contribution in [1.29, 1.82) is 0 Å². The number of rotatable bonds is 4. The van der Waals surface area contributed by atoms with Crippen LogP contribution in [0.3, 0.4) is 0 Å². The lowest BCUT2D eigenvalue weighted by atomic mass is 9.79. The second-order valence-electron chi connectivity index (χ2n) is 9.32. The van der Waals surface area contributed by atoms with Crippen molar-refractivity contribution in [2.45, 2.75) is 0 Å². The van der Waals surface area contributed by atoms with Gasteiger partial charge in [0.25, 0.3) is 0 Å². The fourth-order valence-corrected chi connectivity index (χ4v) is 5.54. The Morgan fingerprint density at radius 1 is 0.351 bits per heavy atom. The summed E-state index contributed by atoms with van der Waals surface area (Å²) < 4.78 is 6.14. The smallest absolute Gasteiger partial charge is 0.135 e. The lowest BCUT2D eigenvalue weighted by Crippen LogP contribution is -1.97. The summed E-state index contributed by atoms with van der Waals surface area (Å²) in [5.74, 6) is 0.871. The number of benzene rings is 6. The van der Waals surface area contributed by atoms with Crippen LogP contribution in [-0.4, -0.2) is 0 Å². The Balaban J connectivity index is 1.79. The summed E-state index contributed by atoms with van der Waals surface area (Å²) in [6.07, 6.45) is 1.77. The summed E-state index contributed by atoms with van der Waals surface area (Å²) in [4.78, 5) is 0. The van der Waals surface area contributed by atoms with Crippen LogP contribution in [0, 0.1) is 0 Å². The van der Waals surface area contributed by atoms with Crippen molar-refractivity contribution in [3.63, 3.8) is 0 Å². The van der Waals surface area contributed by atoms with Gasteiger partial charge in [-0.2, -0.15) is 0 Å². The second kappa shape index (κ2) is 8.96. The molecule has 0 N–H and O–H groups in total. The van der Waals surface area contributed by atoms with E-state index in [0.717, 1.165) is 11.3 Å². The van der Waals surface area contributed by atoms with Crippen LogP contribution in [0.25, 0.3) is 66.2 Å². The third kappa shape index (κ3) is 3.64. The van der Waals surface area contributed by atoms with Gasteiger partial charge in [0.1, 0.15) is 5.76 Å². The van der Waals surface area contributed by atoms with E-state index in [-0.39, 0.29) is 0 Å². The van der Waals surface area contributed by atoms with Gasteiger partial charge in [0.2, 0.25) is 0 Å². The molecule has 1 nitrogen and oxygen atoms in total. The Kier molecular flexibility index (Phi) is 5.19.